The quantitative estimate of drug-likeness (QED) is 0.827. The van der Waals surface area contributed by atoms with Gasteiger partial charge in [0.15, 0.2) is 0 Å². The maximum Gasteiger partial charge on any atom is 0.255 e. The van der Waals surface area contributed by atoms with Crippen LogP contribution in [0.4, 0.5) is 10.1 Å². The number of anilines is 1. The highest BCUT2D eigenvalue weighted by Crippen LogP contribution is 2.17. The lowest BCUT2D eigenvalue weighted by atomic mass is 10.1. The summed E-state index contributed by atoms with van der Waals surface area (Å²) in [5.74, 6) is -0.328. The van der Waals surface area contributed by atoms with Gasteiger partial charge in [-0.2, -0.15) is 0 Å². The Hall–Kier alpha value is -1.58. The van der Waals surface area contributed by atoms with E-state index in [4.69, 9.17) is 23.2 Å². The van der Waals surface area contributed by atoms with E-state index in [1.807, 2.05) is 12.1 Å². The Labute approximate surface area is 126 Å². The predicted molar refractivity (Wildman–Crippen MR) is 80.2 cm³/mol. The largest absolute Gasteiger partial charge is 0.322 e. The number of rotatable bonds is 4. The number of carbonyl (C=O) groups excluding carboxylic acids is 1. The Kier molecular flexibility index (Phi) is 4.99. The van der Waals surface area contributed by atoms with Crippen LogP contribution in [0.1, 0.15) is 15.9 Å². The fourth-order valence-electron chi connectivity index (χ4n) is 1.70. The van der Waals surface area contributed by atoms with Crippen molar-refractivity contribution in [3.05, 3.63) is 64.4 Å². The van der Waals surface area contributed by atoms with Crippen molar-refractivity contribution in [2.75, 3.05) is 11.2 Å². The fourth-order valence-corrected chi connectivity index (χ4v) is 2.10. The summed E-state index contributed by atoms with van der Waals surface area (Å²) < 4.78 is 13.0. The SMILES string of the molecule is O=C(Nc1ccc(CCCl)cc1)c1ccc(F)c(Cl)c1. The third-order valence-electron chi connectivity index (χ3n) is 2.78. The minimum atomic E-state index is -0.548. The molecule has 5 heteroatoms. The molecule has 0 bridgehead atoms. The standard InChI is InChI=1S/C15H12Cl2FNO/c16-8-7-10-1-4-12(5-2-10)19-15(20)11-3-6-14(18)13(17)9-11/h1-6,9H,7-8H2,(H,19,20). The van der Waals surface area contributed by atoms with Crippen molar-refractivity contribution in [2.45, 2.75) is 6.42 Å². The lowest BCUT2D eigenvalue weighted by Crippen LogP contribution is -2.12. The van der Waals surface area contributed by atoms with Crippen LogP contribution in [0.25, 0.3) is 0 Å². The van der Waals surface area contributed by atoms with E-state index in [-0.39, 0.29) is 10.9 Å². The molecule has 2 aromatic rings. The molecule has 0 saturated carbocycles. The van der Waals surface area contributed by atoms with Crippen LogP contribution >= 0.6 is 23.2 Å². The third-order valence-corrected chi connectivity index (χ3v) is 3.26. The molecule has 104 valence electrons. The Bertz CT molecular complexity index is 614. The third kappa shape index (κ3) is 3.71. The predicted octanol–water partition coefficient (Wildman–Crippen LogP) is 4.51. The first kappa shape index (κ1) is 14.8. The smallest absolute Gasteiger partial charge is 0.255 e. The minimum absolute atomic E-state index is 0.0740. The summed E-state index contributed by atoms with van der Waals surface area (Å²) >= 11 is 11.3. The first-order chi connectivity index (χ1) is 9.60. The van der Waals surface area contributed by atoms with E-state index in [1.54, 1.807) is 12.1 Å². The lowest BCUT2D eigenvalue weighted by molar-refractivity contribution is 0.102. The maximum absolute atomic E-state index is 13.0. The average Bonchev–Trinajstić information content (AvgIpc) is 2.44. The number of nitrogens with one attached hydrogen (secondary N) is 1. The van der Waals surface area contributed by atoms with E-state index in [1.165, 1.54) is 18.2 Å². The summed E-state index contributed by atoms with van der Waals surface area (Å²) in [5, 5.41) is 2.65. The number of amides is 1. The number of halogens is 3. The molecule has 0 fully saturated rings. The van der Waals surface area contributed by atoms with Crippen LogP contribution in [0.15, 0.2) is 42.5 Å². The Morgan fingerprint density at radius 2 is 1.85 bits per heavy atom. The van der Waals surface area contributed by atoms with Gasteiger partial charge in [-0.25, -0.2) is 4.39 Å². The van der Waals surface area contributed by atoms with Crippen LogP contribution in [-0.4, -0.2) is 11.8 Å². The molecular formula is C15H12Cl2FNO. The first-order valence-electron chi connectivity index (χ1n) is 6.01. The molecule has 0 unspecified atom stereocenters. The zero-order valence-corrected chi connectivity index (χ0v) is 12.0. The zero-order chi connectivity index (χ0) is 14.5. The summed E-state index contributed by atoms with van der Waals surface area (Å²) in [6, 6.07) is 11.2. The van der Waals surface area contributed by atoms with Crippen molar-refractivity contribution < 1.29 is 9.18 Å². The van der Waals surface area contributed by atoms with Crippen molar-refractivity contribution in [1.82, 2.24) is 0 Å². The summed E-state index contributed by atoms with van der Waals surface area (Å²) in [5.41, 5.74) is 2.07. The fraction of sp³-hybridized carbons (Fsp3) is 0.133. The van der Waals surface area contributed by atoms with Crippen LogP contribution < -0.4 is 5.32 Å². The summed E-state index contributed by atoms with van der Waals surface area (Å²) in [4.78, 5) is 12.0. The molecule has 0 aliphatic heterocycles. The van der Waals surface area contributed by atoms with Crippen molar-refractivity contribution in [1.29, 1.82) is 0 Å². The Morgan fingerprint density at radius 3 is 2.45 bits per heavy atom. The van der Waals surface area contributed by atoms with E-state index >= 15 is 0 Å². The molecule has 0 aliphatic rings. The number of hydrogen-bond acceptors (Lipinski definition) is 1. The van der Waals surface area contributed by atoms with Gasteiger partial charge >= 0.3 is 0 Å². The Morgan fingerprint density at radius 1 is 1.15 bits per heavy atom. The molecule has 0 heterocycles. The Balaban J connectivity index is 2.08. The second-order valence-corrected chi connectivity index (χ2v) is 5.00. The van der Waals surface area contributed by atoms with Crippen LogP contribution in [0.5, 0.6) is 0 Å². The molecule has 2 nitrogen and oxygen atoms in total. The van der Waals surface area contributed by atoms with Gasteiger partial charge in [0.2, 0.25) is 0 Å². The zero-order valence-electron chi connectivity index (χ0n) is 10.5. The number of carbonyl (C=O) groups is 1. The lowest BCUT2D eigenvalue weighted by Gasteiger charge is -2.07. The van der Waals surface area contributed by atoms with E-state index in [0.717, 1.165) is 12.0 Å². The molecule has 0 aliphatic carbocycles. The number of alkyl halides is 1. The molecule has 2 rings (SSSR count). The molecule has 1 amide bonds. The van der Waals surface area contributed by atoms with Gasteiger partial charge in [0.1, 0.15) is 5.82 Å². The van der Waals surface area contributed by atoms with E-state index in [2.05, 4.69) is 5.32 Å². The van der Waals surface area contributed by atoms with Gasteiger partial charge in [0.05, 0.1) is 5.02 Å². The number of aryl methyl sites for hydroxylation is 1. The van der Waals surface area contributed by atoms with Gasteiger partial charge < -0.3 is 5.32 Å². The molecule has 0 aromatic heterocycles. The molecule has 1 N–H and O–H groups in total. The van der Waals surface area contributed by atoms with Gasteiger partial charge in [-0.15, -0.1) is 11.6 Å². The topological polar surface area (TPSA) is 29.1 Å². The second kappa shape index (κ2) is 6.73. The van der Waals surface area contributed by atoms with Crippen LogP contribution in [0.2, 0.25) is 5.02 Å². The van der Waals surface area contributed by atoms with Gasteiger partial charge in [-0.3, -0.25) is 4.79 Å². The minimum Gasteiger partial charge on any atom is -0.322 e. The first-order valence-corrected chi connectivity index (χ1v) is 6.92. The van der Waals surface area contributed by atoms with Gasteiger partial charge in [0, 0.05) is 17.1 Å². The van der Waals surface area contributed by atoms with E-state index in [9.17, 15) is 9.18 Å². The van der Waals surface area contributed by atoms with E-state index < -0.39 is 5.82 Å². The van der Waals surface area contributed by atoms with Gasteiger partial charge in [-0.1, -0.05) is 23.7 Å². The summed E-state index contributed by atoms with van der Waals surface area (Å²) in [6.07, 6.45) is 0.781. The molecule has 0 radical (unpaired) electrons. The normalized spacial score (nSPS) is 10.3. The van der Waals surface area contributed by atoms with Crippen molar-refractivity contribution in [2.24, 2.45) is 0 Å². The van der Waals surface area contributed by atoms with Gasteiger partial charge in [-0.05, 0) is 42.3 Å². The van der Waals surface area contributed by atoms with Gasteiger partial charge in [0.25, 0.3) is 5.91 Å². The molecule has 20 heavy (non-hydrogen) atoms. The van der Waals surface area contributed by atoms with Crippen LogP contribution in [-0.2, 0) is 6.42 Å². The molecule has 0 spiro atoms. The van der Waals surface area contributed by atoms with Crippen molar-refractivity contribution in [3.8, 4) is 0 Å². The summed E-state index contributed by atoms with van der Waals surface area (Å²) in [6.45, 7) is 0. The second-order valence-electron chi connectivity index (χ2n) is 4.22. The van der Waals surface area contributed by atoms with E-state index in [0.29, 0.717) is 17.1 Å². The molecular weight excluding hydrogens is 300 g/mol. The van der Waals surface area contributed by atoms with Crippen molar-refractivity contribution >= 4 is 34.8 Å². The highest BCUT2D eigenvalue weighted by Gasteiger charge is 2.09. The maximum atomic E-state index is 13.0. The molecule has 0 saturated heterocycles. The molecule has 2 aromatic carbocycles. The molecule has 0 atom stereocenters. The van der Waals surface area contributed by atoms with Crippen molar-refractivity contribution in [3.63, 3.8) is 0 Å². The average molecular weight is 312 g/mol. The van der Waals surface area contributed by atoms with Crippen LogP contribution in [0, 0.1) is 5.82 Å². The summed E-state index contributed by atoms with van der Waals surface area (Å²) in [7, 11) is 0. The highest BCUT2D eigenvalue weighted by molar-refractivity contribution is 6.31. The highest BCUT2D eigenvalue weighted by atomic mass is 35.5. The number of hydrogen-bond donors (Lipinski definition) is 1. The van der Waals surface area contributed by atoms with Crippen LogP contribution in [0.3, 0.4) is 0 Å². The number of benzene rings is 2. The monoisotopic (exact) mass is 311 g/mol.